The van der Waals surface area contributed by atoms with E-state index in [1.54, 1.807) is 7.11 Å². The van der Waals surface area contributed by atoms with Crippen LogP contribution in [0.25, 0.3) is 22.3 Å². The van der Waals surface area contributed by atoms with Gasteiger partial charge in [-0.2, -0.15) is 5.10 Å². The normalized spacial score (nSPS) is 14.1. The SMILES string of the molecule is COc1cc(-c2nn(C3CCNCC3)c3ncnc(N)c23)ccc1NC(=O)CCCc1ccccc1. The minimum absolute atomic E-state index is 0.0461. The highest BCUT2D eigenvalue weighted by Gasteiger charge is 2.24. The summed E-state index contributed by atoms with van der Waals surface area (Å²) < 4.78 is 7.61. The quantitative estimate of drug-likeness (QED) is 0.345. The van der Waals surface area contributed by atoms with E-state index >= 15 is 0 Å². The molecular formula is C27H31N7O2. The Morgan fingerprint density at radius 1 is 1.17 bits per heavy atom. The van der Waals surface area contributed by atoms with E-state index in [2.05, 4.69) is 32.7 Å². The van der Waals surface area contributed by atoms with Crippen LogP contribution in [0, 0.1) is 0 Å². The molecular weight excluding hydrogens is 454 g/mol. The fourth-order valence-corrected chi connectivity index (χ4v) is 4.76. The largest absolute Gasteiger partial charge is 0.495 e. The summed E-state index contributed by atoms with van der Waals surface area (Å²) in [6.45, 7) is 1.88. The van der Waals surface area contributed by atoms with Crippen molar-refractivity contribution in [2.45, 2.75) is 38.1 Å². The average molecular weight is 486 g/mol. The van der Waals surface area contributed by atoms with Gasteiger partial charge < -0.3 is 21.1 Å². The molecule has 5 rings (SSSR count). The van der Waals surface area contributed by atoms with Crippen molar-refractivity contribution in [3.63, 3.8) is 0 Å². The number of piperidine rings is 1. The molecule has 1 fully saturated rings. The molecule has 9 nitrogen and oxygen atoms in total. The van der Waals surface area contributed by atoms with Crippen LogP contribution in [0.5, 0.6) is 5.75 Å². The number of benzene rings is 2. The highest BCUT2D eigenvalue weighted by atomic mass is 16.5. The van der Waals surface area contributed by atoms with Crippen molar-refractivity contribution in [1.29, 1.82) is 0 Å². The Morgan fingerprint density at radius 2 is 1.97 bits per heavy atom. The highest BCUT2D eigenvalue weighted by Crippen LogP contribution is 2.36. The molecule has 4 aromatic rings. The lowest BCUT2D eigenvalue weighted by molar-refractivity contribution is -0.116. The van der Waals surface area contributed by atoms with Crippen LogP contribution in [0.15, 0.2) is 54.9 Å². The number of carbonyl (C=O) groups excluding carboxylic acids is 1. The summed E-state index contributed by atoms with van der Waals surface area (Å²) in [6.07, 6.45) is 5.49. The number of aromatic nitrogens is 4. The number of nitrogen functional groups attached to an aromatic ring is 1. The number of anilines is 2. The van der Waals surface area contributed by atoms with Gasteiger partial charge in [0.2, 0.25) is 5.91 Å². The number of amides is 1. The first-order chi connectivity index (χ1) is 17.6. The van der Waals surface area contributed by atoms with Crippen LogP contribution >= 0.6 is 0 Å². The molecule has 0 radical (unpaired) electrons. The summed E-state index contributed by atoms with van der Waals surface area (Å²) in [5.41, 5.74) is 10.4. The molecule has 2 aromatic heterocycles. The first-order valence-electron chi connectivity index (χ1n) is 12.4. The van der Waals surface area contributed by atoms with Gasteiger partial charge in [-0.1, -0.05) is 36.4 Å². The number of aryl methyl sites for hydroxylation is 1. The summed E-state index contributed by atoms with van der Waals surface area (Å²) in [7, 11) is 1.59. The van der Waals surface area contributed by atoms with Gasteiger partial charge in [0.15, 0.2) is 5.65 Å². The molecule has 4 N–H and O–H groups in total. The van der Waals surface area contributed by atoms with E-state index in [0.29, 0.717) is 29.4 Å². The summed E-state index contributed by atoms with van der Waals surface area (Å²) in [5.74, 6) is 0.907. The van der Waals surface area contributed by atoms with Gasteiger partial charge in [-0.15, -0.1) is 0 Å². The zero-order chi connectivity index (χ0) is 24.9. The lowest BCUT2D eigenvalue weighted by Crippen LogP contribution is -2.30. The maximum atomic E-state index is 12.6. The third-order valence-electron chi connectivity index (χ3n) is 6.63. The molecule has 9 heteroatoms. The van der Waals surface area contributed by atoms with Gasteiger partial charge in [0.05, 0.1) is 24.2 Å². The molecule has 2 aromatic carbocycles. The second kappa shape index (κ2) is 10.7. The van der Waals surface area contributed by atoms with E-state index in [-0.39, 0.29) is 11.9 Å². The van der Waals surface area contributed by atoms with Gasteiger partial charge in [0, 0.05) is 12.0 Å². The van der Waals surface area contributed by atoms with Gasteiger partial charge in [-0.05, 0) is 56.5 Å². The van der Waals surface area contributed by atoms with E-state index in [0.717, 1.165) is 55.4 Å². The van der Waals surface area contributed by atoms with E-state index in [1.807, 2.05) is 41.1 Å². The molecule has 0 bridgehead atoms. The summed E-state index contributed by atoms with van der Waals surface area (Å²) in [6, 6.07) is 16.1. The van der Waals surface area contributed by atoms with Crippen molar-refractivity contribution in [2.24, 2.45) is 0 Å². The van der Waals surface area contributed by atoms with Crippen LogP contribution in [0.2, 0.25) is 0 Å². The Morgan fingerprint density at radius 3 is 2.75 bits per heavy atom. The standard InChI is InChI=1S/C27H31N7O2/c1-36-22-16-19(10-11-21(22)32-23(35)9-5-8-18-6-3-2-4-7-18)25-24-26(28)30-17-31-27(24)34(33-25)20-12-14-29-15-13-20/h2-4,6-7,10-11,16-17,20,29H,5,8-9,12-15H2,1H3,(H,32,35)(H2,28,30,31). The number of methoxy groups -OCH3 is 1. The first kappa shape index (κ1) is 23.7. The zero-order valence-electron chi connectivity index (χ0n) is 20.4. The Bertz CT molecular complexity index is 1350. The van der Waals surface area contributed by atoms with Crippen molar-refractivity contribution in [1.82, 2.24) is 25.1 Å². The van der Waals surface area contributed by atoms with Gasteiger partial charge >= 0.3 is 0 Å². The smallest absolute Gasteiger partial charge is 0.224 e. The second-order valence-electron chi connectivity index (χ2n) is 9.03. The van der Waals surface area contributed by atoms with Gasteiger partial charge in [-0.3, -0.25) is 4.79 Å². The lowest BCUT2D eigenvalue weighted by atomic mass is 10.1. The summed E-state index contributed by atoms with van der Waals surface area (Å²) >= 11 is 0. The molecule has 0 atom stereocenters. The van der Waals surface area contributed by atoms with Crippen molar-refractivity contribution >= 4 is 28.4 Å². The molecule has 0 spiro atoms. The number of fused-ring (bicyclic) bond motifs is 1. The fraction of sp³-hybridized carbons (Fsp3) is 0.333. The van der Waals surface area contributed by atoms with Crippen LogP contribution in [0.1, 0.15) is 37.3 Å². The maximum absolute atomic E-state index is 12.6. The van der Waals surface area contributed by atoms with Crippen molar-refractivity contribution in [2.75, 3.05) is 31.2 Å². The molecule has 1 saturated heterocycles. The topological polar surface area (TPSA) is 120 Å². The van der Waals surface area contributed by atoms with E-state index in [9.17, 15) is 4.79 Å². The average Bonchev–Trinajstić information content (AvgIpc) is 3.31. The summed E-state index contributed by atoms with van der Waals surface area (Å²) in [5, 5.41) is 12.1. The fourth-order valence-electron chi connectivity index (χ4n) is 4.76. The number of nitrogens with zero attached hydrogens (tertiary/aromatic N) is 4. The molecule has 1 aliphatic rings. The first-order valence-corrected chi connectivity index (χ1v) is 12.4. The van der Waals surface area contributed by atoms with Crippen LogP contribution in [-0.4, -0.2) is 45.9 Å². The predicted molar refractivity (Wildman–Crippen MR) is 141 cm³/mol. The van der Waals surface area contributed by atoms with E-state index in [4.69, 9.17) is 15.6 Å². The zero-order valence-corrected chi connectivity index (χ0v) is 20.4. The van der Waals surface area contributed by atoms with Crippen molar-refractivity contribution in [3.8, 4) is 17.0 Å². The lowest BCUT2D eigenvalue weighted by Gasteiger charge is -2.23. The predicted octanol–water partition coefficient (Wildman–Crippen LogP) is 3.97. The van der Waals surface area contributed by atoms with Crippen molar-refractivity contribution in [3.05, 3.63) is 60.4 Å². The molecule has 36 heavy (non-hydrogen) atoms. The Labute approximate surface area is 210 Å². The number of hydrogen-bond acceptors (Lipinski definition) is 7. The third-order valence-corrected chi connectivity index (χ3v) is 6.63. The maximum Gasteiger partial charge on any atom is 0.224 e. The molecule has 3 heterocycles. The van der Waals surface area contributed by atoms with Crippen molar-refractivity contribution < 1.29 is 9.53 Å². The van der Waals surface area contributed by atoms with E-state index in [1.165, 1.54) is 11.9 Å². The monoisotopic (exact) mass is 485 g/mol. The minimum Gasteiger partial charge on any atom is -0.495 e. The Hall–Kier alpha value is -3.98. The number of rotatable bonds is 8. The van der Waals surface area contributed by atoms with E-state index < -0.39 is 0 Å². The number of nitrogens with one attached hydrogen (secondary N) is 2. The molecule has 0 unspecified atom stereocenters. The van der Waals surface area contributed by atoms with Gasteiger partial charge in [-0.25, -0.2) is 14.6 Å². The summed E-state index contributed by atoms with van der Waals surface area (Å²) in [4.78, 5) is 21.3. The number of carbonyl (C=O) groups is 1. The molecule has 0 saturated carbocycles. The van der Waals surface area contributed by atoms with Crippen LogP contribution in [-0.2, 0) is 11.2 Å². The molecule has 186 valence electrons. The number of hydrogen-bond donors (Lipinski definition) is 3. The molecule has 0 aliphatic carbocycles. The molecule has 1 aliphatic heterocycles. The highest BCUT2D eigenvalue weighted by molar-refractivity contribution is 5.99. The van der Waals surface area contributed by atoms with Gasteiger partial charge in [0.25, 0.3) is 0 Å². The minimum atomic E-state index is -0.0461. The number of nitrogens with two attached hydrogens (primary N) is 1. The van der Waals surface area contributed by atoms with Gasteiger partial charge in [0.1, 0.15) is 23.6 Å². The number of ether oxygens (including phenoxy) is 1. The Balaban J connectivity index is 1.37. The van der Waals surface area contributed by atoms with Crippen LogP contribution in [0.3, 0.4) is 0 Å². The molecule has 1 amide bonds. The van der Waals surface area contributed by atoms with Crippen LogP contribution < -0.4 is 21.1 Å². The Kier molecular flexibility index (Phi) is 7.08. The second-order valence-corrected chi connectivity index (χ2v) is 9.03. The van der Waals surface area contributed by atoms with Crippen LogP contribution in [0.4, 0.5) is 11.5 Å². The third kappa shape index (κ3) is 5.01.